The van der Waals surface area contributed by atoms with Crippen LogP contribution in [0.25, 0.3) is 0 Å². The molecule has 2 aromatic heterocycles. The highest BCUT2D eigenvalue weighted by molar-refractivity contribution is 7.89. The van der Waals surface area contributed by atoms with Crippen LogP contribution in [0.2, 0.25) is 0 Å². The molecule has 0 radical (unpaired) electrons. The van der Waals surface area contributed by atoms with Gasteiger partial charge in [-0.1, -0.05) is 0 Å². The molecule has 1 aliphatic rings. The van der Waals surface area contributed by atoms with Gasteiger partial charge < -0.3 is 0 Å². The molecular weight excluding hydrogens is 340 g/mol. The predicted octanol–water partition coefficient (Wildman–Crippen LogP) is 1.94. The van der Waals surface area contributed by atoms with Gasteiger partial charge in [0.2, 0.25) is 10.0 Å². The monoisotopic (exact) mass is 357 g/mol. The molecule has 0 aliphatic carbocycles. The lowest BCUT2D eigenvalue weighted by atomic mass is 9.96. The zero-order valence-electron chi connectivity index (χ0n) is 13.0. The standard InChI is InChI=1S/C14H17F2N5O2S/c1-10-13(8-19-21(10)14(15)16)24(22,23)20-6-2-3-11(9-20)12-7-17-4-5-18-12/h4-5,7-8,11,14H,2-3,6,9H2,1H3/t11-/m1/s1. The lowest BCUT2D eigenvalue weighted by Crippen LogP contribution is -2.39. The summed E-state index contributed by atoms with van der Waals surface area (Å²) in [4.78, 5) is 8.07. The van der Waals surface area contributed by atoms with Gasteiger partial charge in [0.25, 0.3) is 0 Å². The van der Waals surface area contributed by atoms with Crippen LogP contribution in [0, 0.1) is 6.92 Å². The van der Waals surface area contributed by atoms with Gasteiger partial charge in [0.1, 0.15) is 4.90 Å². The van der Waals surface area contributed by atoms with Crippen molar-refractivity contribution in [2.75, 3.05) is 13.1 Å². The predicted molar refractivity (Wildman–Crippen MR) is 81.0 cm³/mol. The van der Waals surface area contributed by atoms with Crippen LogP contribution in [-0.2, 0) is 10.0 Å². The van der Waals surface area contributed by atoms with Crippen molar-refractivity contribution >= 4 is 10.0 Å². The topological polar surface area (TPSA) is 81.0 Å². The summed E-state index contributed by atoms with van der Waals surface area (Å²) in [6.07, 6.45) is 7.22. The Balaban J connectivity index is 1.87. The second-order valence-corrected chi connectivity index (χ2v) is 7.56. The summed E-state index contributed by atoms with van der Waals surface area (Å²) >= 11 is 0. The molecule has 0 N–H and O–H groups in total. The van der Waals surface area contributed by atoms with Crippen molar-refractivity contribution in [3.05, 3.63) is 36.2 Å². The molecule has 3 rings (SSSR count). The average Bonchev–Trinajstić information content (AvgIpc) is 2.98. The van der Waals surface area contributed by atoms with Crippen molar-refractivity contribution in [1.29, 1.82) is 0 Å². The highest BCUT2D eigenvalue weighted by Gasteiger charge is 2.34. The van der Waals surface area contributed by atoms with Crippen molar-refractivity contribution in [3.63, 3.8) is 0 Å². The first kappa shape index (κ1) is 16.9. The number of sulfonamides is 1. The molecule has 7 nitrogen and oxygen atoms in total. The Morgan fingerprint density at radius 3 is 2.71 bits per heavy atom. The molecule has 1 saturated heterocycles. The van der Waals surface area contributed by atoms with Gasteiger partial charge in [-0.3, -0.25) is 9.97 Å². The van der Waals surface area contributed by atoms with Crippen LogP contribution in [-0.4, -0.2) is 45.6 Å². The van der Waals surface area contributed by atoms with Crippen molar-refractivity contribution < 1.29 is 17.2 Å². The molecule has 1 atom stereocenters. The highest BCUT2D eigenvalue weighted by atomic mass is 32.2. The summed E-state index contributed by atoms with van der Waals surface area (Å²) in [5.74, 6) is -0.0623. The third-order valence-electron chi connectivity index (χ3n) is 4.19. The van der Waals surface area contributed by atoms with Crippen molar-refractivity contribution in [2.24, 2.45) is 0 Å². The zero-order chi connectivity index (χ0) is 17.3. The van der Waals surface area contributed by atoms with Gasteiger partial charge >= 0.3 is 6.55 Å². The van der Waals surface area contributed by atoms with Crippen LogP contribution in [0.4, 0.5) is 8.78 Å². The van der Waals surface area contributed by atoms with E-state index < -0.39 is 16.6 Å². The average molecular weight is 357 g/mol. The first-order valence-corrected chi connectivity index (χ1v) is 8.93. The van der Waals surface area contributed by atoms with Gasteiger partial charge in [0.15, 0.2) is 0 Å². The van der Waals surface area contributed by atoms with E-state index in [0.29, 0.717) is 17.6 Å². The van der Waals surface area contributed by atoms with E-state index >= 15 is 0 Å². The largest absolute Gasteiger partial charge is 0.333 e. The third-order valence-corrected chi connectivity index (χ3v) is 6.16. The van der Waals surface area contributed by atoms with Crippen LogP contribution >= 0.6 is 0 Å². The Morgan fingerprint density at radius 1 is 1.29 bits per heavy atom. The maximum Gasteiger partial charge on any atom is 0.333 e. The second kappa shape index (κ2) is 6.52. The van der Waals surface area contributed by atoms with Gasteiger partial charge in [-0.15, -0.1) is 0 Å². The molecule has 10 heteroatoms. The maximum absolute atomic E-state index is 12.8. The van der Waals surface area contributed by atoms with Gasteiger partial charge in [-0.05, 0) is 19.8 Å². The highest BCUT2D eigenvalue weighted by Crippen LogP contribution is 2.30. The normalized spacial score (nSPS) is 19.8. The van der Waals surface area contributed by atoms with Crippen molar-refractivity contribution in [2.45, 2.75) is 37.1 Å². The van der Waals surface area contributed by atoms with Crippen LogP contribution in [0.5, 0.6) is 0 Å². The fourth-order valence-corrected chi connectivity index (χ4v) is 4.59. The molecule has 3 heterocycles. The number of nitrogens with zero attached hydrogens (tertiary/aromatic N) is 5. The number of aromatic nitrogens is 4. The minimum absolute atomic E-state index is 0.0623. The number of halogens is 2. The van der Waals surface area contributed by atoms with Crippen LogP contribution < -0.4 is 0 Å². The maximum atomic E-state index is 12.8. The molecule has 0 unspecified atom stereocenters. The minimum Gasteiger partial charge on any atom is -0.261 e. The van der Waals surface area contributed by atoms with Gasteiger partial charge in [0.05, 0.1) is 17.6 Å². The molecule has 0 amide bonds. The van der Waals surface area contributed by atoms with Gasteiger partial charge in [-0.25, -0.2) is 13.1 Å². The summed E-state index contributed by atoms with van der Waals surface area (Å²) in [6, 6.07) is 0. The number of hydrogen-bond acceptors (Lipinski definition) is 5. The minimum atomic E-state index is -3.88. The number of alkyl halides is 2. The van der Waals surface area contributed by atoms with Crippen LogP contribution in [0.1, 0.15) is 36.7 Å². The van der Waals surface area contributed by atoms with Crippen LogP contribution in [0.3, 0.4) is 0 Å². The lowest BCUT2D eigenvalue weighted by molar-refractivity contribution is 0.0541. The van der Waals surface area contributed by atoms with Crippen molar-refractivity contribution in [1.82, 2.24) is 24.1 Å². The zero-order valence-corrected chi connectivity index (χ0v) is 13.8. The Kier molecular flexibility index (Phi) is 4.59. The molecule has 2 aromatic rings. The Bertz CT molecular complexity index is 810. The number of piperidine rings is 1. The summed E-state index contributed by atoms with van der Waals surface area (Å²) in [5.41, 5.74) is 0.670. The first-order valence-electron chi connectivity index (χ1n) is 7.49. The molecule has 1 fully saturated rings. The van der Waals surface area contributed by atoms with Crippen molar-refractivity contribution in [3.8, 4) is 0 Å². The second-order valence-electron chi connectivity index (χ2n) is 5.65. The Labute approximate surface area is 138 Å². The third kappa shape index (κ3) is 3.03. The summed E-state index contributed by atoms with van der Waals surface area (Å²) in [6.45, 7) is -0.947. The fraction of sp³-hybridized carbons (Fsp3) is 0.500. The van der Waals surface area contributed by atoms with E-state index in [2.05, 4.69) is 15.1 Å². The molecule has 0 spiro atoms. The summed E-state index contributed by atoms with van der Waals surface area (Å²) < 4.78 is 53.0. The van der Waals surface area contributed by atoms with E-state index in [1.807, 2.05) is 0 Å². The molecule has 1 aliphatic heterocycles. The van der Waals surface area contributed by atoms with E-state index in [1.54, 1.807) is 18.6 Å². The fourth-order valence-electron chi connectivity index (χ4n) is 2.92. The Morgan fingerprint density at radius 2 is 2.08 bits per heavy atom. The molecule has 0 aromatic carbocycles. The molecule has 24 heavy (non-hydrogen) atoms. The smallest absolute Gasteiger partial charge is 0.261 e. The number of rotatable bonds is 4. The molecule has 0 bridgehead atoms. The van der Waals surface area contributed by atoms with E-state index in [4.69, 9.17) is 0 Å². The summed E-state index contributed by atoms with van der Waals surface area (Å²) in [5, 5.41) is 3.49. The Hall–Kier alpha value is -1.94. The lowest BCUT2D eigenvalue weighted by Gasteiger charge is -2.31. The molecular formula is C14H17F2N5O2S. The SMILES string of the molecule is Cc1c(S(=O)(=O)N2CCC[C@@H](c3cnccn3)C2)cnn1C(F)F. The van der Waals surface area contributed by atoms with E-state index in [-0.39, 0.29) is 23.1 Å². The first-order chi connectivity index (χ1) is 11.4. The van der Waals surface area contributed by atoms with Gasteiger partial charge in [-0.2, -0.15) is 18.2 Å². The van der Waals surface area contributed by atoms with Gasteiger partial charge in [0, 0.05) is 37.6 Å². The van der Waals surface area contributed by atoms with E-state index in [1.165, 1.54) is 11.2 Å². The van der Waals surface area contributed by atoms with E-state index in [0.717, 1.165) is 18.3 Å². The van der Waals surface area contributed by atoms with E-state index in [9.17, 15) is 17.2 Å². The number of hydrogen-bond donors (Lipinski definition) is 0. The molecule has 130 valence electrons. The summed E-state index contributed by atoms with van der Waals surface area (Å²) in [7, 11) is -3.88. The quantitative estimate of drug-likeness (QED) is 0.835. The molecule has 0 saturated carbocycles. The van der Waals surface area contributed by atoms with Crippen LogP contribution in [0.15, 0.2) is 29.7 Å².